The molecular formula is C84H106F8N6O18S2. The molecule has 0 spiro atoms. The van der Waals surface area contributed by atoms with Gasteiger partial charge < -0.3 is 38.2 Å². The van der Waals surface area contributed by atoms with Crippen molar-refractivity contribution in [1.29, 1.82) is 0 Å². The molecule has 24 nitrogen and oxygen atoms in total. The van der Waals surface area contributed by atoms with Gasteiger partial charge in [-0.2, -0.15) is 26.3 Å². The summed E-state index contributed by atoms with van der Waals surface area (Å²) in [5, 5.41) is -0.448. The zero-order valence-corrected chi connectivity index (χ0v) is 70.0. The number of ketones is 2. The van der Waals surface area contributed by atoms with Crippen LogP contribution in [0.15, 0.2) is 73.1 Å². The van der Waals surface area contributed by atoms with E-state index in [9.17, 15) is 90.3 Å². The van der Waals surface area contributed by atoms with E-state index in [0.717, 1.165) is 0 Å². The molecule has 14 atom stereocenters. The van der Waals surface area contributed by atoms with E-state index in [1.54, 1.807) is 41.5 Å². The number of benzene rings is 2. The van der Waals surface area contributed by atoms with E-state index in [-0.39, 0.29) is 146 Å². The summed E-state index contributed by atoms with van der Waals surface area (Å²) in [7, 11) is -6.20. The highest BCUT2D eigenvalue weighted by molar-refractivity contribution is 7.92. The number of nitrogens with zero attached hydrogens (tertiary/aromatic N) is 4. The smallest absolute Gasteiger partial charge is 0.418 e. The molecule has 2 aromatic heterocycles. The van der Waals surface area contributed by atoms with Crippen LogP contribution in [-0.4, -0.2) is 169 Å². The number of halogens is 8. The van der Waals surface area contributed by atoms with Crippen LogP contribution in [0.4, 0.5) is 35.1 Å². The van der Waals surface area contributed by atoms with Gasteiger partial charge in [-0.05, 0) is 190 Å². The average molecular weight is 1700 g/mol. The molecule has 4 saturated carbocycles. The number of alkyl halides is 8. The lowest BCUT2D eigenvalue weighted by atomic mass is 9.82. The number of fused-ring (bicyclic) bond motifs is 6. The third kappa shape index (κ3) is 19.9. The molecule has 6 fully saturated rings. The Morgan fingerprint density at radius 3 is 1.20 bits per heavy atom. The third-order valence-corrected chi connectivity index (χ3v) is 28.7. The highest BCUT2D eigenvalue weighted by Crippen LogP contribution is 2.60. The van der Waals surface area contributed by atoms with Crippen molar-refractivity contribution in [2.45, 2.75) is 242 Å². The number of aromatic nitrogens is 2. The van der Waals surface area contributed by atoms with Gasteiger partial charge in [0.05, 0.1) is 86.0 Å². The first-order valence-corrected chi connectivity index (χ1v) is 43.1. The van der Waals surface area contributed by atoms with Gasteiger partial charge in [0.25, 0.3) is 0 Å². The number of hydrogen-bond donors (Lipinski definition) is 2. The van der Waals surface area contributed by atoms with Gasteiger partial charge in [-0.15, -0.1) is 0 Å². The summed E-state index contributed by atoms with van der Waals surface area (Å²) in [6, 6.07) is 5.64. The Balaban J connectivity index is 0.000000231. The van der Waals surface area contributed by atoms with Gasteiger partial charge in [-0.3, -0.25) is 47.8 Å². The average Bonchev–Trinajstić information content (AvgIpc) is 1.56. The fraction of sp³-hybridized carbons (Fsp3) is 0.643. The lowest BCUT2D eigenvalue weighted by molar-refractivity contribution is -0.160. The Hall–Kier alpha value is -8.56. The van der Waals surface area contributed by atoms with Crippen molar-refractivity contribution < 1.29 is 119 Å². The van der Waals surface area contributed by atoms with E-state index in [4.69, 9.17) is 28.4 Å². The zero-order chi connectivity index (χ0) is 86.6. The Morgan fingerprint density at radius 2 is 0.890 bits per heavy atom. The number of sulfonamides is 2. The second-order valence-corrected chi connectivity index (χ2v) is 40.1. The Morgan fingerprint density at radius 1 is 0.534 bits per heavy atom. The number of carbonyl (C=O) groups excluding carboxylic acids is 8. The molecule has 2 N–H and O–H groups in total. The maximum atomic E-state index is 14.9. The van der Waals surface area contributed by atoms with Crippen LogP contribution in [0.5, 0.6) is 23.3 Å². The van der Waals surface area contributed by atoms with E-state index < -0.39 is 196 Å². The molecule has 12 rings (SSSR count). The van der Waals surface area contributed by atoms with Crippen molar-refractivity contribution in [2.75, 3.05) is 40.7 Å². The highest BCUT2D eigenvalue weighted by Gasteiger charge is 2.66. The number of hydrogen-bond acceptors (Lipinski definition) is 20. The summed E-state index contributed by atoms with van der Waals surface area (Å²) in [5.74, 6) is -8.72. The number of rotatable bonds is 18. The Kier molecular flexibility index (Phi) is 26.1. The van der Waals surface area contributed by atoms with Crippen LogP contribution in [0, 0.1) is 58.2 Å². The minimum atomic E-state index is -4.76. The van der Waals surface area contributed by atoms with E-state index in [1.807, 2.05) is 52.0 Å². The van der Waals surface area contributed by atoms with Gasteiger partial charge in [0.1, 0.15) is 57.8 Å². The summed E-state index contributed by atoms with van der Waals surface area (Å²) < 4.78 is 200. The summed E-state index contributed by atoms with van der Waals surface area (Å²) in [6.45, 7) is 15.3. The molecule has 0 radical (unpaired) electrons. The number of Topliss-reactive ketones (excluding diaryl/α,β-unsaturated/α-hetero) is 2. The lowest BCUT2D eigenvalue weighted by Gasteiger charge is -2.32. The number of carbonyl (C=O) groups is 8. The minimum Gasteiger partial charge on any atom is -0.497 e. The van der Waals surface area contributed by atoms with Crippen molar-refractivity contribution in [3.8, 4) is 23.3 Å². The van der Waals surface area contributed by atoms with E-state index in [2.05, 4.69) is 19.4 Å². The van der Waals surface area contributed by atoms with Crippen LogP contribution < -0.4 is 28.4 Å². The number of methoxy groups -OCH3 is 2. The van der Waals surface area contributed by atoms with Gasteiger partial charge in [0.15, 0.2) is 11.6 Å². The van der Waals surface area contributed by atoms with Gasteiger partial charge in [0.2, 0.25) is 55.4 Å². The topological polar surface area (TPSA) is 317 Å². The van der Waals surface area contributed by atoms with Crippen molar-refractivity contribution in [1.82, 2.24) is 29.2 Å². The summed E-state index contributed by atoms with van der Waals surface area (Å²) in [5.41, 5.74) is -6.73. The van der Waals surface area contributed by atoms with Crippen LogP contribution in [0.1, 0.15) is 196 Å². The minimum absolute atomic E-state index is 0.0132. The van der Waals surface area contributed by atoms with E-state index in [1.165, 1.54) is 60.4 Å². The monoisotopic (exact) mass is 1700 g/mol. The first-order valence-electron chi connectivity index (χ1n) is 40.2. The zero-order valence-electron chi connectivity index (χ0n) is 68.4. The van der Waals surface area contributed by atoms with Crippen molar-refractivity contribution in [3.05, 3.63) is 84.2 Å². The van der Waals surface area contributed by atoms with Gasteiger partial charge in [-0.25, -0.2) is 35.6 Å². The maximum absolute atomic E-state index is 14.9. The maximum Gasteiger partial charge on any atom is 0.418 e. The Labute approximate surface area is 681 Å². The summed E-state index contributed by atoms with van der Waals surface area (Å²) in [4.78, 5) is 124. The molecule has 4 aliphatic heterocycles. The standard InChI is InChI=1S/2C42H53F4N3O9S/c2*1-24-9-7-8-10-26-19-41(26,38(53)48-59(54,55)40(23-43)13-14-40)20-34(50)33-17-28(22-49(33)37(52)30(25(2)15-24)18-35(51)58-39(3,4)5)57-36-29-12-11-27(56-6)16-31(29)32(21-47-36)42(44,45)46/h2*8,10-12,16,21,24-26,28,30,33H,7,9,13-15,17-20,22-23H2,1-6H3,(H,48,53)/b2*10-8-/t24-,25+,26+,28+,30-,33-,41+;24-,25-,26-,28-,30+,33+,41-/m01/s1. The molecule has 118 heavy (non-hydrogen) atoms. The summed E-state index contributed by atoms with van der Waals surface area (Å²) in [6.07, 6.45) is -0.332. The fourth-order valence-electron chi connectivity index (χ4n) is 17.2. The molecule has 2 aromatic carbocycles. The number of pyridine rings is 2. The quantitative estimate of drug-likeness (QED) is 0.0531. The Bertz CT molecular complexity index is 4530. The molecule has 4 aromatic rings. The number of ether oxygens (including phenoxy) is 6. The van der Waals surface area contributed by atoms with Crippen molar-refractivity contribution in [2.24, 2.45) is 58.2 Å². The number of allylic oxidation sites excluding steroid dienone is 4. The van der Waals surface area contributed by atoms with Crippen LogP contribution >= 0.6 is 0 Å². The van der Waals surface area contributed by atoms with Gasteiger partial charge >= 0.3 is 24.3 Å². The largest absolute Gasteiger partial charge is 0.497 e. The molecule has 4 amide bonds. The SMILES string of the molecule is COc1ccc2c(O[C@@H]3C[C@H]4C(=O)C[C@]5(C(=O)NS(=O)(=O)C6(CF)CC6)C[C@H]5/C=C\CC[C@@H](C)C[C@@H](C)[C@H](CC(=O)OC(C)(C)C)C(=O)N4C3)ncc(C(F)(F)F)c2c1.COc1ccc2c(O[C@@H]3C[C@H]4C(=O)C[C@]5(C(=O)NS(=O)(=O)C6(CF)CC6)C[C@H]5/C=C\CC[C@H](C)C[C@@H](C)[C@H](CC(=O)OC(C)(C)C)C(=O)N4C3)ncc(C(F)(F)F)c2c1. The number of esters is 2. The van der Waals surface area contributed by atoms with Gasteiger partial charge in [-0.1, -0.05) is 52.0 Å². The molecule has 34 heteroatoms. The predicted octanol–water partition coefficient (Wildman–Crippen LogP) is 13.8. The number of nitrogens with one attached hydrogen (secondary N) is 2. The highest BCUT2D eigenvalue weighted by atomic mass is 32.2. The van der Waals surface area contributed by atoms with Gasteiger partial charge in [0, 0.05) is 59.6 Å². The van der Waals surface area contributed by atoms with Crippen LogP contribution in [0.3, 0.4) is 0 Å². The van der Waals surface area contributed by atoms with Crippen LogP contribution in [0.2, 0.25) is 0 Å². The third-order valence-electron chi connectivity index (χ3n) is 24.5. The molecule has 8 aliphatic rings. The summed E-state index contributed by atoms with van der Waals surface area (Å²) >= 11 is 0. The molecule has 2 saturated heterocycles. The first kappa shape index (κ1) is 90.2. The van der Waals surface area contributed by atoms with Crippen LogP contribution in [0.25, 0.3) is 21.5 Å². The first-order chi connectivity index (χ1) is 55.1. The second-order valence-electron chi connectivity index (χ2n) is 35.9. The van der Waals surface area contributed by atoms with E-state index >= 15 is 0 Å². The molecular weight excluding hydrogens is 1600 g/mol. The normalized spacial score (nSPS) is 29.4. The van der Waals surface area contributed by atoms with Crippen molar-refractivity contribution in [3.63, 3.8) is 0 Å². The second kappa shape index (κ2) is 34.2. The molecule has 4 aliphatic carbocycles. The fourth-order valence-corrected chi connectivity index (χ4v) is 20.1. The van der Waals surface area contributed by atoms with Crippen LogP contribution in [-0.2, 0) is 80.2 Å². The molecule has 648 valence electrons. The van der Waals surface area contributed by atoms with Crippen molar-refractivity contribution >= 4 is 88.7 Å². The molecule has 6 heterocycles. The van der Waals surface area contributed by atoms with E-state index in [0.29, 0.717) is 50.9 Å². The number of amides is 4. The predicted molar refractivity (Wildman–Crippen MR) is 417 cm³/mol. The lowest BCUT2D eigenvalue weighted by Crippen LogP contribution is -2.48. The molecule has 0 bridgehead atoms. The molecule has 0 unspecified atom stereocenters.